The number of benzene rings is 2. The largest absolute Gasteiger partial charge is 0.495 e. The van der Waals surface area contributed by atoms with Gasteiger partial charge in [0.1, 0.15) is 10.6 Å². The van der Waals surface area contributed by atoms with Gasteiger partial charge in [0.2, 0.25) is 21.8 Å². The number of ether oxygens (including phenoxy) is 2. The Morgan fingerprint density at radius 2 is 1.81 bits per heavy atom. The number of sulfonamides is 1. The number of methoxy groups -OCH3 is 1. The van der Waals surface area contributed by atoms with Gasteiger partial charge in [0.05, 0.1) is 26.7 Å². The van der Waals surface area contributed by atoms with Crippen molar-refractivity contribution in [2.75, 3.05) is 44.9 Å². The van der Waals surface area contributed by atoms with E-state index in [-0.39, 0.29) is 49.0 Å². The number of nitrogens with two attached hydrogens (primary N) is 1. The normalized spacial score (nSPS) is 14.7. The molecule has 1 aliphatic heterocycles. The number of nitrogens with zero attached hydrogens (tertiary/aromatic N) is 2. The summed E-state index contributed by atoms with van der Waals surface area (Å²) in [7, 11) is -2.41. The summed E-state index contributed by atoms with van der Waals surface area (Å²) in [6, 6.07) is 13.6. The summed E-state index contributed by atoms with van der Waals surface area (Å²) < 4.78 is 38.2. The molecule has 2 N–H and O–H groups in total. The zero-order valence-electron chi connectivity index (χ0n) is 17.9. The van der Waals surface area contributed by atoms with E-state index in [0.717, 1.165) is 0 Å². The molecule has 0 aromatic heterocycles. The number of anilines is 1. The van der Waals surface area contributed by atoms with Gasteiger partial charge in [0.25, 0.3) is 0 Å². The Morgan fingerprint density at radius 3 is 2.44 bits per heavy atom. The highest BCUT2D eigenvalue weighted by molar-refractivity contribution is 7.89. The van der Waals surface area contributed by atoms with E-state index in [1.807, 2.05) is 6.07 Å². The van der Waals surface area contributed by atoms with Gasteiger partial charge in [-0.15, -0.1) is 0 Å². The number of carbonyl (C=O) groups is 2. The Balaban J connectivity index is 1.88. The number of carbonyl (C=O) groups excluding carboxylic acids is 2. The SMILES string of the molecule is COc1ccc(CC(=O)N(CCC(N)=O)c2ccccc2)cc1S(=O)(=O)N1CCOCC1. The third-order valence-corrected chi connectivity index (χ3v) is 7.04. The minimum Gasteiger partial charge on any atom is -0.495 e. The number of hydrogen-bond donors (Lipinski definition) is 1. The highest BCUT2D eigenvalue weighted by atomic mass is 32.2. The fourth-order valence-corrected chi connectivity index (χ4v) is 5.07. The second-order valence-corrected chi connectivity index (χ2v) is 9.18. The van der Waals surface area contributed by atoms with Gasteiger partial charge in [-0.3, -0.25) is 9.59 Å². The van der Waals surface area contributed by atoms with E-state index in [2.05, 4.69) is 0 Å². The molecule has 0 bridgehead atoms. The molecule has 2 aromatic rings. The first kappa shape index (κ1) is 23.7. The van der Waals surface area contributed by atoms with Crippen LogP contribution in [0.15, 0.2) is 53.4 Å². The molecule has 32 heavy (non-hydrogen) atoms. The number of hydrogen-bond acceptors (Lipinski definition) is 6. The van der Waals surface area contributed by atoms with E-state index in [1.54, 1.807) is 36.4 Å². The van der Waals surface area contributed by atoms with Crippen molar-refractivity contribution < 1.29 is 27.5 Å². The van der Waals surface area contributed by atoms with Crippen LogP contribution in [0.5, 0.6) is 5.75 Å². The molecule has 0 radical (unpaired) electrons. The summed E-state index contributed by atoms with van der Waals surface area (Å²) in [6.45, 7) is 1.29. The topological polar surface area (TPSA) is 119 Å². The van der Waals surface area contributed by atoms with Gasteiger partial charge in [-0.05, 0) is 29.8 Å². The van der Waals surface area contributed by atoms with Gasteiger partial charge in [-0.2, -0.15) is 4.31 Å². The van der Waals surface area contributed by atoms with Crippen LogP contribution in [-0.2, 0) is 30.8 Å². The highest BCUT2D eigenvalue weighted by Crippen LogP contribution is 2.29. The third kappa shape index (κ3) is 5.64. The van der Waals surface area contributed by atoms with E-state index < -0.39 is 15.9 Å². The molecular formula is C22H27N3O6S. The number of morpholine rings is 1. The molecule has 172 valence electrons. The summed E-state index contributed by atoms with van der Waals surface area (Å²) in [4.78, 5) is 25.9. The Kier molecular flexibility index (Phi) is 7.84. The Hall–Kier alpha value is -2.95. The van der Waals surface area contributed by atoms with Crippen molar-refractivity contribution in [2.24, 2.45) is 5.73 Å². The Bertz CT molecular complexity index is 1050. The van der Waals surface area contributed by atoms with Gasteiger partial charge in [-0.1, -0.05) is 24.3 Å². The fourth-order valence-electron chi connectivity index (χ4n) is 3.46. The van der Waals surface area contributed by atoms with Gasteiger partial charge >= 0.3 is 0 Å². The molecule has 0 atom stereocenters. The summed E-state index contributed by atoms with van der Waals surface area (Å²) in [6.07, 6.45) is -0.0385. The number of para-hydroxylation sites is 1. The van der Waals surface area contributed by atoms with Crippen LogP contribution in [0, 0.1) is 0 Å². The maximum Gasteiger partial charge on any atom is 0.246 e. The molecule has 2 amide bonds. The van der Waals surface area contributed by atoms with E-state index in [9.17, 15) is 18.0 Å². The number of rotatable bonds is 9. The molecule has 1 heterocycles. The summed E-state index contributed by atoms with van der Waals surface area (Å²) in [5.41, 5.74) is 6.42. The van der Waals surface area contributed by atoms with Crippen molar-refractivity contribution in [3.8, 4) is 5.75 Å². The predicted molar refractivity (Wildman–Crippen MR) is 119 cm³/mol. The first-order valence-corrected chi connectivity index (χ1v) is 11.7. The van der Waals surface area contributed by atoms with Crippen molar-refractivity contribution in [2.45, 2.75) is 17.7 Å². The van der Waals surface area contributed by atoms with Crippen LogP contribution in [0.2, 0.25) is 0 Å². The first-order valence-electron chi connectivity index (χ1n) is 10.2. The Labute approximate surface area is 187 Å². The van der Waals surface area contributed by atoms with Crippen molar-refractivity contribution >= 4 is 27.5 Å². The average Bonchev–Trinajstić information content (AvgIpc) is 2.80. The lowest BCUT2D eigenvalue weighted by molar-refractivity contribution is -0.118. The number of primary amides is 1. The molecule has 1 saturated heterocycles. The minimum absolute atomic E-state index is 0.00981. The van der Waals surface area contributed by atoms with Crippen molar-refractivity contribution in [3.63, 3.8) is 0 Å². The second kappa shape index (κ2) is 10.6. The van der Waals surface area contributed by atoms with Crippen LogP contribution in [0.1, 0.15) is 12.0 Å². The van der Waals surface area contributed by atoms with Crippen molar-refractivity contribution in [1.29, 1.82) is 0 Å². The zero-order chi connectivity index (χ0) is 23.1. The fraction of sp³-hybridized carbons (Fsp3) is 0.364. The van der Waals surface area contributed by atoms with E-state index in [0.29, 0.717) is 24.5 Å². The second-order valence-electron chi connectivity index (χ2n) is 7.28. The Morgan fingerprint density at radius 1 is 1.12 bits per heavy atom. The molecule has 0 aliphatic carbocycles. The first-order chi connectivity index (χ1) is 15.3. The van der Waals surface area contributed by atoms with Crippen LogP contribution in [-0.4, -0.2) is 64.5 Å². The van der Waals surface area contributed by atoms with Crippen molar-refractivity contribution in [3.05, 3.63) is 54.1 Å². The molecule has 0 spiro atoms. The zero-order valence-corrected chi connectivity index (χ0v) is 18.7. The van der Waals surface area contributed by atoms with Crippen LogP contribution in [0.3, 0.4) is 0 Å². The van der Waals surface area contributed by atoms with Crippen molar-refractivity contribution in [1.82, 2.24) is 4.31 Å². The lowest BCUT2D eigenvalue weighted by atomic mass is 10.1. The van der Waals surface area contributed by atoms with Gasteiger partial charge in [-0.25, -0.2) is 8.42 Å². The smallest absolute Gasteiger partial charge is 0.246 e. The molecule has 9 nitrogen and oxygen atoms in total. The summed E-state index contributed by atoms with van der Waals surface area (Å²) >= 11 is 0. The minimum atomic E-state index is -3.81. The van der Waals surface area contributed by atoms with E-state index in [1.165, 1.54) is 22.4 Å². The quantitative estimate of drug-likeness (QED) is 0.599. The summed E-state index contributed by atoms with van der Waals surface area (Å²) in [5.74, 6) is -0.583. The molecule has 0 saturated carbocycles. The molecule has 10 heteroatoms. The third-order valence-electron chi connectivity index (χ3n) is 5.12. The standard InChI is InChI=1S/C22H27N3O6S/c1-30-19-8-7-17(15-20(19)32(28,29)24-11-13-31-14-12-24)16-22(27)25(10-9-21(23)26)18-5-3-2-4-6-18/h2-8,15H,9-14,16H2,1H3,(H2,23,26). The predicted octanol–water partition coefficient (Wildman–Crippen LogP) is 1.17. The molecule has 1 fully saturated rings. The lowest BCUT2D eigenvalue weighted by Gasteiger charge is -2.27. The average molecular weight is 462 g/mol. The number of amides is 2. The van der Waals surface area contributed by atoms with Gasteiger partial charge in [0.15, 0.2) is 0 Å². The lowest BCUT2D eigenvalue weighted by Crippen LogP contribution is -2.40. The molecule has 2 aromatic carbocycles. The van der Waals surface area contributed by atoms with Crippen LogP contribution in [0.4, 0.5) is 5.69 Å². The summed E-state index contributed by atoms with van der Waals surface area (Å²) in [5, 5.41) is 0. The molecule has 1 aliphatic rings. The maximum absolute atomic E-state index is 13.2. The maximum atomic E-state index is 13.2. The van der Waals surface area contributed by atoms with Crippen LogP contribution < -0.4 is 15.4 Å². The van der Waals surface area contributed by atoms with Crippen LogP contribution >= 0.6 is 0 Å². The van der Waals surface area contributed by atoms with E-state index >= 15 is 0 Å². The van der Waals surface area contributed by atoms with Gasteiger partial charge < -0.3 is 20.1 Å². The molecule has 3 rings (SSSR count). The molecular weight excluding hydrogens is 434 g/mol. The van der Waals surface area contributed by atoms with Gasteiger partial charge in [0, 0.05) is 31.7 Å². The monoisotopic (exact) mass is 461 g/mol. The highest BCUT2D eigenvalue weighted by Gasteiger charge is 2.30. The molecule has 0 unspecified atom stereocenters. The van der Waals surface area contributed by atoms with Crippen LogP contribution in [0.25, 0.3) is 0 Å². The van der Waals surface area contributed by atoms with E-state index in [4.69, 9.17) is 15.2 Å².